The molecule has 0 saturated carbocycles. The molecule has 2 unspecified atom stereocenters. The molecule has 2 atom stereocenters. The van der Waals surface area contributed by atoms with Crippen molar-refractivity contribution < 1.29 is 42.1 Å². The van der Waals surface area contributed by atoms with Gasteiger partial charge in [0, 0.05) is 12.8 Å². The second kappa shape index (κ2) is 69.7. The van der Waals surface area contributed by atoms with E-state index in [9.17, 15) is 19.0 Å². The first kappa shape index (κ1) is 86.4. The third-order valence-electron chi connectivity index (χ3n) is 16.0. The fraction of sp³-hybridized carbons (Fsp3) is 0.725. The summed E-state index contributed by atoms with van der Waals surface area (Å²) in [5.41, 5.74) is 0. The van der Waals surface area contributed by atoms with Gasteiger partial charge in [0.05, 0.1) is 27.7 Å². The van der Waals surface area contributed by atoms with E-state index in [-0.39, 0.29) is 32.0 Å². The maximum absolute atomic E-state index is 12.9. The number of esters is 2. The van der Waals surface area contributed by atoms with Crippen molar-refractivity contribution in [2.24, 2.45) is 0 Å². The highest BCUT2D eigenvalue weighted by molar-refractivity contribution is 7.47. The van der Waals surface area contributed by atoms with Crippen LogP contribution in [-0.2, 0) is 32.7 Å². The zero-order chi connectivity index (χ0) is 65.5. The number of nitrogens with zero attached hydrogens (tertiary/aromatic N) is 1. The summed E-state index contributed by atoms with van der Waals surface area (Å²) in [5, 5.41) is 0. The van der Waals surface area contributed by atoms with E-state index in [2.05, 4.69) is 135 Å². The molecule has 0 aliphatic carbocycles. The average molecular weight is 1280 g/mol. The molecule has 0 saturated heterocycles. The fourth-order valence-electron chi connectivity index (χ4n) is 10.4. The minimum Gasteiger partial charge on any atom is -0.462 e. The van der Waals surface area contributed by atoms with Crippen LogP contribution in [0.25, 0.3) is 0 Å². The molecule has 0 rings (SSSR count). The average Bonchev–Trinajstić information content (AvgIpc) is 3.58. The van der Waals surface area contributed by atoms with Crippen molar-refractivity contribution in [1.29, 1.82) is 0 Å². The Bertz CT molecular complexity index is 1940. The molecule has 0 fully saturated rings. The third-order valence-corrected chi connectivity index (χ3v) is 17.0. The minimum absolute atomic E-state index is 0.0248. The summed E-state index contributed by atoms with van der Waals surface area (Å²) in [6.45, 7) is 4.21. The van der Waals surface area contributed by atoms with Gasteiger partial charge in [-0.3, -0.25) is 18.6 Å². The second-order valence-electron chi connectivity index (χ2n) is 25.9. The van der Waals surface area contributed by atoms with E-state index in [4.69, 9.17) is 18.5 Å². The summed E-state index contributed by atoms with van der Waals surface area (Å²) in [7, 11) is 1.46. The molecule has 518 valence electrons. The number of allylic oxidation sites excluding steroid dienone is 20. The summed E-state index contributed by atoms with van der Waals surface area (Å²) < 4.78 is 34.7. The lowest BCUT2D eigenvalue weighted by atomic mass is 10.0. The third kappa shape index (κ3) is 73.5. The number of carbonyl (C=O) groups is 2. The van der Waals surface area contributed by atoms with Gasteiger partial charge >= 0.3 is 19.8 Å². The molecule has 0 spiro atoms. The van der Waals surface area contributed by atoms with Crippen LogP contribution < -0.4 is 0 Å². The van der Waals surface area contributed by atoms with Gasteiger partial charge in [0.1, 0.15) is 19.8 Å². The number of unbranched alkanes of at least 4 members (excludes halogenated alkanes) is 34. The number of hydrogen-bond donors (Lipinski definition) is 1. The van der Waals surface area contributed by atoms with Gasteiger partial charge in [-0.25, -0.2) is 4.57 Å². The van der Waals surface area contributed by atoms with Gasteiger partial charge in [-0.2, -0.15) is 0 Å². The van der Waals surface area contributed by atoms with Crippen LogP contribution in [0.2, 0.25) is 0 Å². The maximum Gasteiger partial charge on any atom is 0.472 e. The number of rotatable bonds is 68. The maximum atomic E-state index is 12.9. The summed E-state index contributed by atoms with van der Waals surface area (Å²) in [6.07, 6.45) is 100. The van der Waals surface area contributed by atoms with Crippen molar-refractivity contribution in [3.8, 4) is 0 Å². The Balaban J connectivity index is 3.95. The number of phosphoric ester groups is 1. The molecule has 0 amide bonds. The Labute approximate surface area is 556 Å². The predicted octanol–water partition coefficient (Wildman–Crippen LogP) is 24.6. The largest absolute Gasteiger partial charge is 0.472 e. The van der Waals surface area contributed by atoms with Gasteiger partial charge in [-0.05, 0) is 103 Å². The molecule has 0 aromatic heterocycles. The molecule has 0 radical (unpaired) electrons. The van der Waals surface area contributed by atoms with Crippen molar-refractivity contribution in [2.75, 3.05) is 47.5 Å². The highest BCUT2D eigenvalue weighted by atomic mass is 31.2. The molecular formula is C80H141NO8P+. The lowest BCUT2D eigenvalue weighted by Crippen LogP contribution is -2.37. The van der Waals surface area contributed by atoms with Crippen LogP contribution in [0.5, 0.6) is 0 Å². The second-order valence-corrected chi connectivity index (χ2v) is 27.4. The van der Waals surface area contributed by atoms with Crippen molar-refractivity contribution in [3.05, 3.63) is 122 Å². The fourth-order valence-corrected chi connectivity index (χ4v) is 11.1. The van der Waals surface area contributed by atoms with Crippen LogP contribution in [0.1, 0.15) is 322 Å². The SMILES string of the molecule is CC/C=C\C/C=C\C/C=C\C/C=C\C/C=C\C/C=C\CCCCCCCCC(=O)OC(COC(=O)CCCCCCCCCCCCCCCCCCCCCCCCCCCCCC/C=C\C/C=C\C/C=C\C/C=C\CC)COP(=O)(O)OCC[N+](C)(C)C. The topological polar surface area (TPSA) is 108 Å². The van der Waals surface area contributed by atoms with Crippen LogP contribution >= 0.6 is 7.82 Å². The lowest BCUT2D eigenvalue weighted by molar-refractivity contribution is -0.870. The summed E-state index contributed by atoms with van der Waals surface area (Å²) in [4.78, 5) is 35.9. The number of carbonyl (C=O) groups excluding carboxylic acids is 2. The van der Waals surface area contributed by atoms with Gasteiger partial charge < -0.3 is 18.9 Å². The first-order chi connectivity index (χ1) is 44.0. The minimum atomic E-state index is -4.40. The molecule has 0 aliphatic rings. The van der Waals surface area contributed by atoms with Crippen LogP contribution in [-0.4, -0.2) is 74.9 Å². The van der Waals surface area contributed by atoms with Crippen molar-refractivity contribution in [3.63, 3.8) is 0 Å². The molecule has 9 nitrogen and oxygen atoms in total. The smallest absolute Gasteiger partial charge is 0.462 e. The van der Waals surface area contributed by atoms with Crippen molar-refractivity contribution in [2.45, 2.75) is 328 Å². The Morgan fingerprint density at radius 2 is 0.600 bits per heavy atom. The van der Waals surface area contributed by atoms with Gasteiger partial charge in [0.15, 0.2) is 6.10 Å². The van der Waals surface area contributed by atoms with Gasteiger partial charge in [-0.15, -0.1) is 0 Å². The first-order valence-electron chi connectivity index (χ1n) is 37.3. The highest BCUT2D eigenvalue weighted by Gasteiger charge is 2.27. The van der Waals surface area contributed by atoms with Crippen LogP contribution in [0.15, 0.2) is 122 Å². The Kier molecular flexibility index (Phi) is 67.0. The first-order valence-corrected chi connectivity index (χ1v) is 38.8. The Hall–Kier alpha value is -3.59. The molecule has 90 heavy (non-hydrogen) atoms. The molecular weight excluding hydrogens is 1130 g/mol. The standard InChI is InChI=1S/C80H140NO8P/c1-6-8-10-12-14-16-18-20-22-24-26-28-30-32-33-34-35-36-37-38-39-40-41-42-43-44-45-46-47-49-50-52-54-56-58-60-62-64-66-68-70-72-79(82)86-76-78(77-88-90(84,85)87-75-74-81(3,4)5)89-80(83)73-71-69-67-65-63-61-59-57-55-53-51-48-31-29-27-25-23-21-19-17-15-13-11-9-7-2/h8-11,14-17,20-23,26-29,48,51,55,57,78H,6-7,12-13,18-19,24-25,30-47,49-50,52-54,56,58-77H2,1-5H3/p+1/b10-8-,11-9-,16-14-,17-15-,22-20-,23-21-,28-26-,29-27-,51-48-,57-55-. The number of hydrogen-bond acceptors (Lipinski definition) is 7. The predicted molar refractivity (Wildman–Crippen MR) is 390 cm³/mol. The molecule has 0 aromatic carbocycles. The van der Waals surface area contributed by atoms with E-state index in [1.807, 2.05) is 21.1 Å². The summed E-state index contributed by atoms with van der Waals surface area (Å²) in [5.74, 6) is -0.808. The zero-order valence-corrected chi connectivity index (χ0v) is 60.0. The van der Waals surface area contributed by atoms with E-state index < -0.39 is 26.5 Å². The monoisotopic (exact) mass is 1280 g/mol. The Morgan fingerprint density at radius 3 is 0.889 bits per heavy atom. The van der Waals surface area contributed by atoms with Crippen LogP contribution in [0, 0.1) is 0 Å². The Morgan fingerprint density at radius 1 is 0.344 bits per heavy atom. The van der Waals surface area contributed by atoms with E-state index in [1.165, 1.54) is 167 Å². The molecule has 0 bridgehead atoms. The quantitative estimate of drug-likeness (QED) is 0.0211. The van der Waals surface area contributed by atoms with Gasteiger partial charge in [0.2, 0.25) is 0 Å². The van der Waals surface area contributed by atoms with Crippen LogP contribution in [0.3, 0.4) is 0 Å². The molecule has 10 heteroatoms. The normalized spacial score (nSPS) is 13.8. The number of quaternary nitrogens is 1. The molecule has 1 N–H and O–H groups in total. The number of phosphoric acid groups is 1. The molecule has 0 heterocycles. The van der Waals surface area contributed by atoms with Crippen molar-refractivity contribution in [1.82, 2.24) is 0 Å². The van der Waals surface area contributed by atoms with E-state index in [1.54, 1.807) is 0 Å². The van der Waals surface area contributed by atoms with E-state index in [0.717, 1.165) is 122 Å². The van der Waals surface area contributed by atoms with Crippen LogP contribution in [0.4, 0.5) is 0 Å². The van der Waals surface area contributed by atoms with E-state index >= 15 is 0 Å². The summed E-state index contributed by atoms with van der Waals surface area (Å²) in [6, 6.07) is 0. The van der Waals surface area contributed by atoms with Gasteiger partial charge in [-0.1, -0.05) is 328 Å². The number of ether oxygens (including phenoxy) is 2. The van der Waals surface area contributed by atoms with E-state index in [0.29, 0.717) is 17.4 Å². The molecule has 0 aliphatic heterocycles. The summed E-state index contributed by atoms with van der Waals surface area (Å²) >= 11 is 0. The lowest BCUT2D eigenvalue weighted by Gasteiger charge is -2.24. The molecule has 0 aromatic rings. The highest BCUT2D eigenvalue weighted by Crippen LogP contribution is 2.43. The van der Waals surface area contributed by atoms with Crippen molar-refractivity contribution >= 4 is 19.8 Å². The number of likely N-dealkylation sites (N-methyl/N-ethyl adjacent to an activating group) is 1. The van der Waals surface area contributed by atoms with Gasteiger partial charge in [0.25, 0.3) is 0 Å². The zero-order valence-electron chi connectivity index (χ0n) is 59.1.